The van der Waals surface area contributed by atoms with E-state index in [4.69, 9.17) is 10.5 Å². The molecule has 116 valence electrons. The molecule has 0 atom stereocenters. The maximum absolute atomic E-state index is 6.00. The summed E-state index contributed by atoms with van der Waals surface area (Å²) in [5.41, 5.74) is 9.96. The SMILES string of the molecule is CCOc1ccc(-c2ccc(C3CCC(N)CC3)cc2)cc1. The van der Waals surface area contributed by atoms with Crippen LogP contribution in [0.5, 0.6) is 5.75 Å². The van der Waals surface area contributed by atoms with E-state index in [1.165, 1.54) is 29.5 Å². The second-order valence-corrected chi connectivity index (χ2v) is 6.19. The Morgan fingerprint density at radius 2 is 1.41 bits per heavy atom. The standard InChI is InChI=1S/C20H25NO/c1-2-22-20-13-9-18(10-14-20)16-5-3-15(4-6-16)17-7-11-19(21)12-8-17/h3-6,9-10,13-14,17,19H,2,7-8,11-12,21H2,1H3. The molecule has 1 saturated carbocycles. The zero-order chi connectivity index (χ0) is 15.4. The first-order valence-corrected chi connectivity index (χ1v) is 8.35. The molecule has 0 bridgehead atoms. The predicted octanol–water partition coefficient (Wildman–Crippen LogP) is 4.74. The maximum atomic E-state index is 6.00. The van der Waals surface area contributed by atoms with Crippen molar-refractivity contribution in [1.29, 1.82) is 0 Å². The monoisotopic (exact) mass is 295 g/mol. The summed E-state index contributed by atoms with van der Waals surface area (Å²) in [5, 5.41) is 0. The molecule has 0 radical (unpaired) electrons. The van der Waals surface area contributed by atoms with E-state index >= 15 is 0 Å². The predicted molar refractivity (Wildman–Crippen MR) is 92.2 cm³/mol. The van der Waals surface area contributed by atoms with Crippen LogP contribution < -0.4 is 10.5 Å². The van der Waals surface area contributed by atoms with Gasteiger partial charge < -0.3 is 10.5 Å². The van der Waals surface area contributed by atoms with Crippen LogP contribution in [0.15, 0.2) is 48.5 Å². The molecule has 0 saturated heterocycles. The van der Waals surface area contributed by atoms with Gasteiger partial charge in [-0.3, -0.25) is 0 Å². The van der Waals surface area contributed by atoms with Gasteiger partial charge in [0.1, 0.15) is 5.75 Å². The summed E-state index contributed by atoms with van der Waals surface area (Å²) in [6, 6.07) is 17.8. The number of rotatable bonds is 4. The van der Waals surface area contributed by atoms with Crippen molar-refractivity contribution < 1.29 is 4.74 Å². The van der Waals surface area contributed by atoms with Crippen molar-refractivity contribution in [3.63, 3.8) is 0 Å². The van der Waals surface area contributed by atoms with Crippen LogP contribution in [0.3, 0.4) is 0 Å². The Kier molecular flexibility index (Phi) is 4.79. The van der Waals surface area contributed by atoms with Gasteiger partial charge in [-0.05, 0) is 67.3 Å². The van der Waals surface area contributed by atoms with Crippen LogP contribution in [0, 0.1) is 0 Å². The van der Waals surface area contributed by atoms with Crippen molar-refractivity contribution in [1.82, 2.24) is 0 Å². The molecule has 2 N–H and O–H groups in total. The van der Waals surface area contributed by atoms with Gasteiger partial charge >= 0.3 is 0 Å². The fourth-order valence-corrected chi connectivity index (χ4v) is 3.31. The van der Waals surface area contributed by atoms with E-state index in [2.05, 4.69) is 36.4 Å². The summed E-state index contributed by atoms with van der Waals surface area (Å²) in [6.07, 6.45) is 4.77. The van der Waals surface area contributed by atoms with Gasteiger partial charge in [0, 0.05) is 6.04 Å². The Morgan fingerprint density at radius 1 is 0.864 bits per heavy atom. The average molecular weight is 295 g/mol. The highest BCUT2D eigenvalue weighted by atomic mass is 16.5. The Bertz CT molecular complexity index is 580. The highest BCUT2D eigenvalue weighted by molar-refractivity contribution is 5.64. The normalized spacial score (nSPS) is 21.5. The first-order chi connectivity index (χ1) is 10.8. The van der Waals surface area contributed by atoms with E-state index < -0.39 is 0 Å². The average Bonchev–Trinajstić information content (AvgIpc) is 2.57. The van der Waals surface area contributed by atoms with Crippen molar-refractivity contribution in [2.45, 2.75) is 44.6 Å². The molecular weight excluding hydrogens is 270 g/mol. The minimum atomic E-state index is 0.416. The van der Waals surface area contributed by atoms with Gasteiger partial charge in [-0.15, -0.1) is 0 Å². The summed E-state index contributed by atoms with van der Waals surface area (Å²) in [6.45, 7) is 2.71. The molecular formula is C20H25NO. The summed E-state index contributed by atoms with van der Waals surface area (Å²) >= 11 is 0. The molecule has 1 fully saturated rings. The Balaban J connectivity index is 1.70. The van der Waals surface area contributed by atoms with Gasteiger partial charge in [-0.25, -0.2) is 0 Å². The molecule has 1 aliphatic carbocycles. The van der Waals surface area contributed by atoms with Gasteiger partial charge in [0.25, 0.3) is 0 Å². The first-order valence-electron chi connectivity index (χ1n) is 8.35. The molecule has 2 aromatic carbocycles. The fraction of sp³-hybridized carbons (Fsp3) is 0.400. The third kappa shape index (κ3) is 3.50. The highest BCUT2D eigenvalue weighted by Crippen LogP contribution is 2.33. The molecule has 0 amide bonds. The topological polar surface area (TPSA) is 35.2 Å². The molecule has 0 spiro atoms. The molecule has 0 aromatic heterocycles. The first kappa shape index (κ1) is 15.1. The summed E-state index contributed by atoms with van der Waals surface area (Å²) in [7, 11) is 0. The molecule has 0 unspecified atom stereocenters. The van der Waals surface area contributed by atoms with E-state index in [-0.39, 0.29) is 0 Å². The lowest BCUT2D eigenvalue weighted by molar-refractivity contribution is 0.340. The van der Waals surface area contributed by atoms with Crippen LogP contribution in [0.4, 0.5) is 0 Å². The van der Waals surface area contributed by atoms with E-state index in [1.807, 2.05) is 19.1 Å². The van der Waals surface area contributed by atoms with E-state index in [0.29, 0.717) is 18.6 Å². The number of nitrogens with two attached hydrogens (primary N) is 1. The van der Waals surface area contributed by atoms with Gasteiger partial charge in [0.05, 0.1) is 6.61 Å². The van der Waals surface area contributed by atoms with E-state index in [9.17, 15) is 0 Å². The molecule has 2 heteroatoms. The number of ether oxygens (including phenoxy) is 1. The van der Waals surface area contributed by atoms with Gasteiger partial charge in [-0.1, -0.05) is 36.4 Å². The van der Waals surface area contributed by atoms with Crippen molar-refractivity contribution in [3.05, 3.63) is 54.1 Å². The molecule has 22 heavy (non-hydrogen) atoms. The van der Waals surface area contributed by atoms with Crippen LogP contribution in [-0.4, -0.2) is 12.6 Å². The van der Waals surface area contributed by atoms with Crippen molar-refractivity contribution in [3.8, 4) is 16.9 Å². The molecule has 2 aromatic rings. The lowest BCUT2D eigenvalue weighted by atomic mass is 9.82. The Labute approximate surface area is 133 Å². The van der Waals surface area contributed by atoms with Crippen LogP contribution in [0.25, 0.3) is 11.1 Å². The molecule has 1 aliphatic rings. The van der Waals surface area contributed by atoms with Crippen LogP contribution in [0.1, 0.15) is 44.1 Å². The molecule has 3 rings (SSSR count). The lowest BCUT2D eigenvalue weighted by Gasteiger charge is -2.26. The zero-order valence-corrected chi connectivity index (χ0v) is 13.3. The minimum absolute atomic E-state index is 0.416. The van der Waals surface area contributed by atoms with E-state index in [0.717, 1.165) is 18.6 Å². The number of benzene rings is 2. The highest BCUT2D eigenvalue weighted by Gasteiger charge is 2.19. The third-order valence-corrected chi connectivity index (χ3v) is 4.65. The van der Waals surface area contributed by atoms with Crippen molar-refractivity contribution in [2.24, 2.45) is 5.73 Å². The molecule has 2 nitrogen and oxygen atoms in total. The summed E-state index contributed by atoms with van der Waals surface area (Å²) in [4.78, 5) is 0. The third-order valence-electron chi connectivity index (χ3n) is 4.65. The quantitative estimate of drug-likeness (QED) is 0.884. The smallest absolute Gasteiger partial charge is 0.119 e. The van der Waals surface area contributed by atoms with Crippen molar-refractivity contribution in [2.75, 3.05) is 6.61 Å². The second-order valence-electron chi connectivity index (χ2n) is 6.19. The van der Waals surface area contributed by atoms with Crippen molar-refractivity contribution >= 4 is 0 Å². The summed E-state index contributed by atoms with van der Waals surface area (Å²) in [5.74, 6) is 1.62. The largest absolute Gasteiger partial charge is 0.494 e. The van der Waals surface area contributed by atoms with Gasteiger partial charge in [0.15, 0.2) is 0 Å². The van der Waals surface area contributed by atoms with Gasteiger partial charge in [0.2, 0.25) is 0 Å². The van der Waals surface area contributed by atoms with Crippen LogP contribution in [-0.2, 0) is 0 Å². The maximum Gasteiger partial charge on any atom is 0.119 e. The zero-order valence-electron chi connectivity index (χ0n) is 13.3. The lowest BCUT2D eigenvalue weighted by Crippen LogP contribution is -2.25. The fourth-order valence-electron chi connectivity index (χ4n) is 3.31. The Hall–Kier alpha value is -1.80. The van der Waals surface area contributed by atoms with Crippen LogP contribution in [0.2, 0.25) is 0 Å². The molecule has 0 aliphatic heterocycles. The number of hydrogen-bond acceptors (Lipinski definition) is 2. The summed E-state index contributed by atoms with van der Waals surface area (Å²) < 4.78 is 5.49. The minimum Gasteiger partial charge on any atom is -0.494 e. The second kappa shape index (κ2) is 6.97. The number of hydrogen-bond donors (Lipinski definition) is 1. The van der Waals surface area contributed by atoms with Gasteiger partial charge in [-0.2, -0.15) is 0 Å². The Morgan fingerprint density at radius 3 is 1.95 bits per heavy atom. The van der Waals surface area contributed by atoms with Crippen LogP contribution >= 0.6 is 0 Å². The molecule has 0 heterocycles. The van der Waals surface area contributed by atoms with E-state index in [1.54, 1.807) is 0 Å².